The first kappa shape index (κ1) is 12.2. The van der Waals surface area contributed by atoms with Crippen molar-refractivity contribution in [3.05, 3.63) is 42.2 Å². The van der Waals surface area contributed by atoms with Crippen LogP contribution in [0.15, 0.2) is 30.6 Å². The monoisotopic (exact) mass is 269 g/mol. The summed E-state index contributed by atoms with van der Waals surface area (Å²) in [5, 5.41) is 13.0. The van der Waals surface area contributed by atoms with Gasteiger partial charge in [-0.3, -0.25) is 9.97 Å². The molecule has 0 fully saturated rings. The van der Waals surface area contributed by atoms with Crippen molar-refractivity contribution in [1.82, 2.24) is 24.7 Å². The first-order valence-corrected chi connectivity index (χ1v) is 6.09. The summed E-state index contributed by atoms with van der Waals surface area (Å²) < 4.78 is 1.53. The Morgan fingerprint density at radius 1 is 1.25 bits per heavy atom. The number of rotatable bonds is 3. The van der Waals surface area contributed by atoms with Gasteiger partial charge < -0.3 is 5.11 Å². The quantitative estimate of drug-likeness (QED) is 0.773. The molecular formula is C13H11N5O2. The smallest absolute Gasteiger partial charge is 0.375 e. The molecule has 0 saturated heterocycles. The van der Waals surface area contributed by atoms with Gasteiger partial charge in [0, 0.05) is 18.8 Å². The number of hydrogen-bond donors (Lipinski definition) is 1. The lowest BCUT2D eigenvalue weighted by atomic mass is 10.2. The third kappa shape index (κ3) is 1.99. The number of carboxylic acid groups (broad SMARTS) is 1. The van der Waals surface area contributed by atoms with Crippen LogP contribution in [0.3, 0.4) is 0 Å². The van der Waals surface area contributed by atoms with Crippen LogP contribution in [0.25, 0.3) is 16.7 Å². The summed E-state index contributed by atoms with van der Waals surface area (Å²) in [5.74, 6) is -0.759. The third-order valence-corrected chi connectivity index (χ3v) is 2.88. The first-order valence-electron chi connectivity index (χ1n) is 6.09. The van der Waals surface area contributed by atoms with Gasteiger partial charge in [0.25, 0.3) is 5.82 Å². The molecule has 3 aromatic rings. The average Bonchev–Trinajstić information content (AvgIpc) is 2.91. The van der Waals surface area contributed by atoms with E-state index in [9.17, 15) is 4.79 Å². The normalized spacial score (nSPS) is 10.8. The molecule has 0 aliphatic rings. The van der Waals surface area contributed by atoms with E-state index in [4.69, 9.17) is 5.11 Å². The minimum Gasteiger partial charge on any atom is -0.475 e. The molecule has 0 saturated carbocycles. The average molecular weight is 269 g/mol. The fraction of sp³-hybridized carbons (Fsp3) is 0.154. The molecule has 1 aromatic carbocycles. The summed E-state index contributed by atoms with van der Waals surface area (Å²) in [6.45, 7) is 1.90. The van der Waals surface area contributed by atoms with E-state index in [1.807, 2.05) is 25.1 Å². The van der Waals surface area contributed by atoms with E-state index < -0.39 is 5.97 Å². The standard InChI is InChI=1S/C13H11N5O2/c1-2-11-16-12(13(19)20)17-18(11)8-3-4-9-10(7-8)15-6-5-14-9/h3-7H,2H2,1H3,(H,19,20). The molecule has 0 radical (unpaired) electrons. The molecule has 0 unspecified atom stereocenters. The number of fused-ring (bicyclic) bond motifs is 1. The van der Waals surface area contributed by atoms with Crippen LogP contribution in [-0.2, 0) is 6.42 Å². The van der Waals surface area contributed by atoms with Crippen LogP contribution in [-0.4, -0.2) is 35.8 Å². The van der Waals surface area contributed by atoms with Crippen molar-refractivity contribution in [2.75, 3.05) is 0 Å². The Kier molecular flexibility index (Phi) is 2.86. The van der Waals surface area contributed by atoms with Crippen LogP contribution >= 0.6 is 0 Å². The van der Waals surface area contributed by atoms with Crippen molar-refractivity contribution in [2.24, 2.45) is 0 Å². The van der Waals surface area contributed by atoms with Gasteiger partial charge in [-0.1, -0.05) is 6.92 Å². The Hall–Kier alpha value is -2.83. The molecule has 2 aromatic heterocycles. The maximum absolute atomic E-state index is 11.0. The lowest BCUT2D eigenvalue weighted by Crippen LogP contribution is -2.03. The predicted molar refractivity (Wildman–Crippen MR) is 70.8 cm³/mol. The maximum atomic E-state index is 11.0. The number of carbonyl (C=O) groups is 1. The van der Waals surface area contributed by atoms with Crippen molar-refractivity contribution in [2.45, 2.75) is 13.3 Å². The Balaban J connectivity index is 2.16. The van der Waals surface area contributed by atoms with E-state index in [1.54, 1.807) is 12.4 Å². The van der Waals surface area contributed by atoms with Crippen molar-refractivity contribution >= 4 is 17.0 Å². The van der Waals surface area contributed by atoms with E-state index in [0.717, 1.165) is 16.7 Å². The number of aromatic carboxylic acids is 1. The molecule has 7 nitrogen and oxygen atoms in total. The van der Waals surface area contributed by atoms with Crippen LogP contribution in [0.2, 0.25) is 0 Å². The number of carboxylic acids is 1. The van der Waals surface area contributed by atoms with Crippen molar-refractivity contribution in [3.63, 3.8) is 0 Å². The fourth-order valence-electron chi connectivity index (χ4n) is 1.95. The summed E-state index contributed by atoms with van der Waals surface area (Å²) in [6.07, 6.45) is 3.81. The molecule has 100 valence electrons. The van der Waals surface area contributed by atoms with Gasteiger partial charge in [0.05, 0.1) is 16.7 Å². The molecule has 3 rings (SSSR count). The van der Waals surface area contributed by atoms with E-state index in [-0.39, 0.29) is 5.82 Å². The second-order valence-electron chi connectivity index (χ2n) is 4.15. The molecule has 0 atom stereocenters. The van der Waals surface area contributed by atoms with Crippen molar-refractivity contribution < 1.29 is 9.90 Å². The highest BCUT2D eigenvalue weighted by Crippen LogP contribution is 2.16. The lowest BCUT2D eigenvalue weighted by molar-refractivity contribution is 0.0683. The van der Waals surface area contributed by atoms with E-state index in [2.05, 4.69) is 20.1 Å². The first-order chi connectivity index (χ1) is 9.69. The molecule has 0 spiro atoms. The zero-order chi connectivity index (χ0) is 14.1. The summed E-state index contributed by atoms with van der Waals surface area (Å²) >= 11 is 0. The molecule has 0 amide bonds. The van der Waals surface area contributed by atoms with Crippen molar-refractivity contribution in [3.8, 4) is 5.69 Å². The molecule has 2 heterocycles. The molecule has 7 heteroatoms. The highest BCUT2D eigenvalue weighted by molar-refractivity contribution is 5.83. The Morgan fingerprint density at radius 3 is 2.70 bits per heavy atom. The fourth-order valence-corrected chi connectivity index (χ4v) is 1.95. The predicted octanol–water partition coefficient (Wildman–Crippen LogP) is 1.47. The zero-order valence-electron chi connectivity index (χ0n) is 10.7. The third-order valence-electron chi connectivity index (χ3n) is 2.88. The summed E-state index contributed by atoms with van der Waals surface area (Å²) in [6, 6.07) is 5.44. The van der Waals surface area contributed by atoms with Crippen LogP contribution in [0.1, 0.15) is 23.4 Å². The number of aromatic nitrogens is 5. The van der Waals surface area contributed by atoms with Crippen molar-refractivity contribution in [1.29, 1.82) is 0 Å². The van der Waals surface area contributed by atoms with Crippen LogP contribution < -0.4 is 0 Å². The molecule has 0 aliphatic heterocycles. The number of hydrogen-bond acceptors (Lipinski definition) is 5. The van der Waals surface area contributed by atoms with E-state index in [1.165, 1.54) is 4.68 Å². The number of benzene rings is 1. The van der Waals surface area contributed by atoms with Crippen LogP contribution in [0, 0.1) is 0 Å². The van der Waals surface area contributed by atoms with Gasteiger partial charge >= 0.3 is 5.97 Å². The van der Waals surface area contributed by atoms with Gasteiger partial charge in [-0.25, -0.2) is 14.5 Å². The second-order valence-corrected chi connectivity index (χ2v) is 4.15. The molecule has 0 aliphatic carbocycles. The zero-order valence-corrected chi connectivity index (χ0v) is 10.7. The minimum atomic E-state index is -1.14. The largest absolute Gasteiger partial charge is 0.475 e. The molecular weight excluding hydrogens is 258 g/mol. The van der Waals surface area contributed by atoms with Gasteiger partial charge in [-0.2, -0.15) is 0 Å². The molecule has 20 heavy (non-hydrogen) atoms. The van der Waals surface area contributed by atoms with E-state index in [0.29, 0.717) is 12.2 Å². The van der Waals surface area contributed by atoms with Gasteiger partial charge in [-0.15, -0.1) is 5.10 Å². The maximum Gasteiger partial charge on any atom is 0.375 e. The lowest BCUT2D eigenvalue weighted by Gasteiger charge is -2.04. The number of nitrogens with zero attached hydrogens (tertiary/aromatic N) is 5. The highest BCUT2D eigenvalue weighted by Gasteiger charge is 2.15. The SMILES string of the molecule is CCc1nc(C(=O)O)nn1-c1ccc2nccnc2c1. The Bertz CT molecular complexity index is 796. The van der Waals surface area contributed by atoms with Crippen LogP contribution in [0.4, 0.5) is 0 Å². The van der Waals surface area contributed by atoms with Gasteiger partial charge in [0.2, 0.25) is 0 Å². The Labute approximate surface area is 113 Å². The molecule has 0 bridgehead atoms. The minimum absolute atomic E-state index is 0.207. The topological polar surface area (TPSA) is 93.8 Å². The number of aryl methyl sites for hydroxylation is 1. The summed E-state index contributed by atoms with van der Waals surface area (Å²) in [4.78, 5) is 23.4. The van der Waals surface area contributed by atoms with Crippen LogP contribution in [0.5, 0.6) is 0 Å². The summed E-state index contributed by atoms with van der Waals surface area (Å²) in [7, 11) is 0. The Morgan fingerprint density at radius 2 is 2.00 bits per heavy atom. The molecule has 1 N–H and O–H groups in total. The van der Waals surface area contributed by atoms with Gasteiger partial charge in [0.1, 0.15) is 5.82 Å². The highest BCUT2D eigenvalue weighted by atomic mass is 16.4. The van der Waals surface area contributed by atoms with E-state index >= 15 is 0 Å². The van der Waals surface area contributed by atoms with Gasteiger partial charge in [0.15, 0.2) is 0 Å². The summed E-state index contributed by atoms with van der Waals surface area (Å²) in [5.41, 5.74) is 2.21. The van der Waals surface area contributed by atoms with Gasteiger partial charge in [-0.05, 0) is 18.2 Å². The second kappa shape index (κ2) is 4.69.